The minimum Gasteiger partial charge on any atom is -0.489 e. The summed E-state index contributed by atoms with van der Waals surface area (Å²) in [5.41, 5.74) is 1.37. The maximum Gasteiger partial charge on any atom is 0.231 e. The van der Waals surface area contributed by atoms with Crippen LogP contribution in [0.5, 0.6) is 17.2 Å². The molecule has 0 saturated carbocycles. The first-order valence-electron chi connectivity index (χ1n) is 6.95. The molecule has 0 radical (unpaired) electrons. The summed E-state index contributed by atoms with van der Waals surface area (Å²) in [6, 6.07) is 5.67. The molecule has 0 bridgehead atoms. The van der Waals surface area contributed by atoms with Gasteiger partial charge in [0.15, 0.2) is 11.5 Å². The smallest absolute Gasteiger partial charge is 0.231 e. The molecule has 0 atom stereocenters. The molecule has 110 valence electrons. The zero-order valence-electron chi connectivity index (χ0n) is 12.3. The summed E-state index contributed by atoms with van der Waals surface area (Å²) in [4.78, 5) is 0. The van der Waals surface area contributed by atoms with E-state index in [0.717, 1.165) is 23.7 Å². The van der Waals surface area contributed by atoms with Gasteiger partial charge < -0.3 is 14.2 Å². The van der Waals surface area contributed by atoms with Gasteiger partial charge in [-0.25, -0.2) is 0 Å². The van der Waals surface area contributed by atoms with Gasteiger partial charge in [0.25, 0.3) is 0 Å². The van der Waals surface area contributed by atoms with Crippen LogP contribution in [0.4, 0.5) is 0 Å². The predicted octanol–water partition coefficient (Wildman–Crippen LogP) is 4.27. The van der Waals surface area contributed by atoms with Crippen LogP contribution < -0.4 is 14.2 Å². The van der Waals surface area contributed by atoms with E-state index in [1.165, 1.54) is 11.3 Å². The lowest BCUT2D eigenvalue weighted by atomic mass is 10.2. The van der Waals surface area contributed by atoms with Gasteiger partial charge in [-0.15, -0.1) is 0 Å². The van der Waals surface area contributed by atoms with E-state index in [0.29, 0.717) is 18.6 Å². The fraction of sp³-hybridized carbons (Fsp3) is 0.500. The molecule has 2 rings (SSSR count). The largest absolute Gasteiger partial charge is 0.489 e. The number of allylic oxidation sites excluding steroid dienone is 1. The van der Waals surface area contributed by atoms with Crippen molar-refractivity contribution in [1.29, 1.82) is 0 Å². The fourth-order valence-corrected chi connectivity index (χ4v) is 2.72. The minimum absolute atomic E-state index is 0.297. The Morgan fingerprint density at radius 2 is 2.15 bits per heavy atom. The summed E-state index contributed by atoms with van der Waals surface area (Å²) in [7, 11) is 0. The van der Waals surface area contributed by atoms with Gasteiger partial charge in [0.05, 0.1) is 0 Å². The molecule has 20 heavy (non-hydrogen) atoms. The molecule has 1 aromatic carbocycles. The van der Waals surface area contributed by atoms with Crippen LogP contribution in [-0.2, 0) is 0 Å². The highest BCUT2D eigenvalue weighted by atomic mass is 32.2. The van der Waals surface area contributed by atoms with E-state index in [2.05, 4.69) is 26.8 Å². The van der Waals surface area contributed by atoms with Crippen molar-refractivity contribution in [3.8, 4) is 17.2 Å². The molecule has 1 aliphatic heterocycles. The van der Waals surface area contributed by atoms with Gasteiger partial charge >= 0.3 is 0 Å². The lowest BCUT2D eigenvalue weighted by Crippen LogP contribution is -1.96. The quantitative estimate of drug-likeness (QED) is 0.702. The van der Waals surface area contributed by atoms with Crippen molar-refractivity contribution in [2.45, 2.75) is 32.4 Å². The normalized spacial score (nSPS) is 13.9. The van der Waals surface area contributed by atoms with Crippen LogP contribution in [0.3, 0.4) is 0 Å². The molecule has 0 saturated heterocycles. The number of hydrogen-bond donors (Lipinski definition) is 0. The molecular weight excluding hydrogens is 272 g/mol. The third-order valence-electron chi connectivity index (χ3n) is 2.97. The second-order valence-electron chi connectivity index (χ2n) is 5.05. The van der Waals surface area contributed by atoms with Gasteiger partial charge in [0.1, 0.15) is 12.4 Å². The van der Waals surface area contributed by atoms with Crippen molar-refractivity contribution in [2.75, 3.05) is 19.2 Å². The molecule has 1 aromatic rings. The number of fused-ring (bicyclic) bond motifs is 1. The molecule has 0 fully saturated rings. The van der Waals surface area contributed by atoms with Gasteiger partial charge in [-0.3, -0.25) is 0 Å². The number of thioether (sulfide) groups is 1. The standard InChI is InChI=1S/C16H22O3S/c1-12(2)20-9-7-13(3)6-8-17-14-4-5-15-16(10-14)19-11-18-15/h4-6,10,12H,7-9,11H2,1-3H3. The van der Waals surface area contributed by atoms with E-state index < -0.39 is 0 Å². The molecule has 0 N–H and O–H groups in total. The van der Waals surface area contributed by atoms with E-state index in [4.69, 9.17) is 14.2 Å². The van der Waals surface area contributed by atoms with Gasteiger partial charge in [-0.1, -0.05) is 19.4 Å². The Morgan fingerprint density at radius 3 is 2.95 bits per heavy atom. The molecule has 0 aromatic heterocycles. The number of ether oxygens (including phenoxy) is 3. The van der Waals surface area contributed by atoms with Crippen LogP contribution >= 0.6 is 11.8 Å². The average Bonchev–Trinajstić information content (AvgIpc) is 2.85. The van der Waals surface area contributed by atoms with E-state index in [9.17, 15) is 0 Å². The third kappa shape index (κ3) is 4.67. The average molecular weight is 294 g/mol. The van der Waals surface area contributed by atoms with E-state index in [1.54, 1.807) is 0 Å². The van der Waals surface area contributed by atoms with Crippen LogP contribution in [0.15, 0.2) is 29.8 Å². The zero-order valence-corrected chi connectivity index (χ0v) is 13.2. The Balaban J connectivity index is 1.74. The minimum atomic E-state index is 0.297. The molecule has 3 nitrogen and oxygen atoms in total. The van der Waals surface area contributed by atoms with Gasteiger partial charge in [0, 0.05) is 6.07 Å². The SMILES string of the molecule is CC(=CCOc1ccc2c(c1)OCO2)CCSC(C)C. The lowest BCUT2D eigenvalue weighted by molar-refractivity contribution is 0.174. The van der Waals surface area contributed by atoms with Crippen molar-refractivity contribution in [3.05, 3.63) is 29.8 Å². The Bertz CT molecular complexity index is 469. The maximum absolute atomic E-state index is 5.71. The summed E-state index contributed by atoms with van der Waals surface area (Å²) in [6.45, 7) is 7.51. The Morgan fingerprint density at radius 1 is 1.35 bits per heavy atom. The summed E-state index contributed by atoms with van der Waals surface area (Å²) < 4.78 is 16.3. The van der Waals surface area contributed by atoms with Gasteiger partial charge in [-0.2, -0.15) is 11.8 Å². The fourth-order valence-electron chi connectivity index (χ4n) is 1.80. The maximum atomic E-state index is 5.71. The predicted molar refractivity (Wildman–Crippen MR) is 84.0 cm³/mol. The molecular formula is C16H22O3S. The zero-order chi connectivity index (χ0) is 14.4. The number of rotatable bonds is 7. The van der Waals surface area contributed by atoms with Crippen LogP contribution in [-0.4, -0.2) is 24.4 Å². The molecule has 4 heteroatoms. The highest BCUT2D eigenvalue weighted by Crippen LogP contribution is 2.35. The first-order chi connectivity index (χ1) is 9.65. The highest BCUT2D eigenvalue weighted by molar-refractivity contribution is 7.99. The second-order valence-corrected chi connectivity index (χ2v) is 6.73. The number of benzene rings is 1. The summed E-state index contributed by atoms with van der Waals surface area (Å²) in [5.74, 6) is 3.53. The molecule has 0 spiro atoms. The summed E-state index contributed by atoms with van der Waals surface area (Å²) in [6.07, 6.45) is 3.26. The topological polar surface area (TPSA) is 27.7 Å². The van der Waals surface area contributed by atoms with E-state index in [-0.39, 0.29) is 0 Å². The molecule has 0 unspecified atom stereocenters. The van der Waals surface area contributed by atoms with Crippen molar-refractivity contribution in [2.24, 2.45) is 0 Å². The lowest BCUT2D eigenvalue weighted by Gasteiger charge is -2.07. The van der Waals surface area contributed by atoms with Crippen molar-refractivity contribution in [1.82, 2.24) is 0 Å². The van der Waals surface area contributed by atoms with Crippen LogP contribution in [0.2, 0.25) is 0 Å². The molecule has 0 aliphatic carbocycles. The van der Waals surface area contributed by atoms with Crippen LogP contribution in [0.1, 0.15) is 27.2 Å². The first-order valence-corrected chi connectivity index (χ1v) is 7.99. The Hall–Kier alpha value is -1.29. The monoisotopic (exact) mass is 294 g/mol. The van der Waals surface area contributed by atoms with Gasteiger partial charge in [0.2, 0.25) is 6.79 Å². The molecule has 0 amide bonds. The van der Waals surface area contributed by atoms with Crippen LogP contribution in [0.25, 0.3) is 0 Å². The summed E-state index contributed by atoms with van der Waals surface area (Å²) >= 11 is 1.99. The Labute approximate surface area is 125 Å². The van der Waals surface area contributed by atoms with Crippen molar-refractivity contribution >= 4 is 11.8 Å². The Kier molecular flexibility index (Phi) is 5.65. The van der Waals surface area contributed by atoms with E-state index >= 15 is 0 Å². The molecule has 1 heterocycles. The van der Waals surface area contributed by atoms with Gasteiger partial charge in [-0.05, 0) is 42.6 Å². The van der Waals surface area contributed by atoms with Crippen LogP contribution in [0, 0.1) is 0 Å². The molecule has 1 aliphatic rings. The number of hydrogen-bond acceptors (Lipinski definition) is 4. The second kappa shape index (κ2) is 7.48. The highest BCUT2D eigenvalue weighted by Gasteiger charge is 2.13. The first kappa shape index (κ1) is 15.1. The third-order valence-corrected chi connectivity index (χ3v) is 4.08. The van der Waals surface area contributed by atoms with E-state index in [1.807, 2.05) is 30.0 Å². The van der Waals surface area contributed by atoms with Crippen molar-refractivity contribution < 1.29 is 14.2 Å². The summed E-state index contributed by atoms with van der Waals surface area (Å²) in [5, 5.41) is 0.702. The van der Waals surface area contributed by atoms with Crippen molar-refractivity contribution in [3.63, 3.8) is 0 Å².